The number of carboxylic acids is 1. The molecule has 2 aromatic heterocycles. The highest BCUT2D eigenvalue weighted by atomic mass is 35.5. The molecular formula is C7H6Cl2N2O2S. The van der Waals surface area contributed by atoms with E-state index in [1.54, 1.807) is 16.8 Å². The topological polar surface area (TPSA) is 54.6 Å². The fraction of sp³-hybridized carbons (Fsp3) is 0.143. The van der Waals surface area contributed by atoms with E-state index in [1.165, 1.54) is 11.3 Å². The molecule has 76 valence electrons. The number of rotatable bonds is 2. The molecule has 0 unspecified atom stereocenters. The van der Waals surface area contributed by atoms with Crippen molar-refractivity contribution in [1.82, 2.24) is 9.38 Å². The van der Waals surface area contributed by atoms with Crippen LogP contribution in [0.1, 0.15) is 5.69 Å². The first-order valence-corrected chi connectivity index (χ1v) is 4.69. The number of fused-ring (bicyclic) bond motifs is 1. The van der Waals surface area contributed by atoms with E-state index in [0.717, 1.165) is 4.96 Å². The van der Waals surface area contributed by atoms with Crippen molar-refractivity contribution >= 4 is 46.3 Å². The van der Waals surface area contributed by atoms with Crippen molar-refractivity contribution < 1.29 is 9.90 Å². The summed E-state index contributed by atoms with van der Waals surface area (Å²) in [5.41, 5.74) is 0.551. The number of carbonyl (C=O) groups is 1. The zero-order valence-corrected chi connectivity index (χ0v) is 9.20. The average molecular weight is 253 g/mol. The molecule has 0 saturated carbocycles. The summed E-state index contributed by atoms with van der Waals surface area (Å²) in [4.78, 5) is 15.2. The molecule has 1 N–H and O–H groups in total. The quantitative estimate of drug-likeness (QED) is 0.891. The highest BCUT2D eigenvalue weighted by Gasteiger charge is 2.07. The summed E-state index contributed by atoms with van der Waals surface area (Å²) in [6.07, 6.45) is 3.33. The third kappa shape index (κ3) is 2.17. The molecule has 0 aliphatic rings. The van der Waals surface area contributed by atoms with E-state index in [-0.39, 0.29) is 18.8 Å². The van der Waals surface area contributed by atoms with Gasteiger partial charge in [-0.05, 0) is 0 Å². The first-order valence-electron chi connectivity index (χ1n) is 3.50. The van der Waals surface area contributed by atoms with Gasteiger partial charge in [-0.25, -0.2) is 4.98 Å². The van der Waals surface area contributed by atoms with Gasteiger partial charge in [0.05, 0.1) is 12.1 Å². The Hall–Kier alpha value is -0.780. The van der Waals surface area contributed by atoms with E-state index >= 15 is 0 Å². The summed E-state index contributed by atoms with van der Waals surface area (Å²) in [6, 6.07) is 0. The van der Waals surface area contributed by atoms with Gasteiger partial charge in [-0.1, -0.05) is 22.9 Å². The molecule has 2 rings (SSSR count). The Kier molecular flexibility index (Phi) is 3.36. The van der Waals surface area contributed by atoms with Gasteiger partial charge in [0.1, 0.15) is 4.34 Å². The second-order valence-corrected chi connectivity index (χ2v) is 4.17. The van der Waals surface area contributed by atoms with Gasteiger partial charge in [0.2, 0.25) is 0 Å². The number of nitrogens with zero attached hydrogens (tertiary/aromatic N) is 2. The highest BCUT2D eigenvalue weighted by Crippen LogP contribution is 2.22. The van der Waals surface area contributed by atoms with E-state index < -0.39 is 5.97 Å². The maximum absolute atomic E-state index is 10.4. The number of hydrogen-bond donors (Lipinski definition) is 1. The number of imidazole rings is 1. The van der Waals surface area contributed by atoms with Crippen molar-refractivity contribution in [3.63, 3.8) is 0 Å². The molecule has 4 nitrogen and oxygen atoms in total. The molecule has 0 fully saturated rings. The van der Waals surface area contributed by atoms with Crippen LogP contribution in [0.4, 0.5) is 0 Å². The third-order valence-corrected chi connectivity index (χ3v) is 2.62. The smallest absolute Gasteiger partial charge is 0.309 e. The summed E-state index contributed by atoms with van der Waals surface area (Å²) >= 11 is 7.05. The van der Waals surface area contributed by atoms with Crippen LogP contribution in [0.3, 0.4) is 0 Å². The lowest BCUT2D eigenvalue weighted by Gasteiger charge is -1.85. The zero-order valence-electron chi connectivity index (χ0n) is 6.81. The number of halogens is 2. The van der Waals surface area contributed by atoms with E-state index in [9.17, 15) is 4.79 Å². The van der Waals surface area contributed by atoms with Crippen LogP contribution in [-0.4, -0.2) is 20.5 Å². The van der Waals surface area contributed by atoms with Crippen LogP contribution in [0, 0.1) is 0 Å². The third-order valence-electron chi connectivity index (χ3n) is 1.51. The standard InChI is InChI=1S/C7H5ClN2O2S.ClH/c8-5-3-10-2-4(1-6(11)12)9-7(10)13-5;/h2-3H,1H2,(H,11,12);1H. The maximum Gasteiger partial charge on any atom is 0.309 e. The van der Waals surface area contributed by atoms with Crippen LogP contribution in [0.5, 0.6) is 0 Å². The SMILES string of the molecule is Cl.O=C(O)Cc1cn2cc(Cl)sc2n1. The predicted octanol–water partition coefficient (Wildman–Crippen LogP) is 2.10. The predicted molar refractivity (Wildman–Crippen MR) is 56.7 cm³/mol. The van der Waals surface area contributed by atoms with Crippen molar-refractivity contribution in [1.29, 1.82) is 0 Å². The van der Waals surface area contributed by atoms with Crippen molar-refractivity contribution in [3.05, 3.63) is 22.4 Å². The van der Waals surface area contributed by atoms with Crippen LogP contribution in [-0.2, 0) is 11.2 Å². The second kappa shape index (κ2) is 4.16. The summed E-state index contributed by atoms with van der Waals surface area (Å²) in [7, 11) is 0. The minimum atomic E-state index is -0.878. The molecule has 0 spiro atoms. The minimum absolute atomic E-state index is 0. The lowest BCUT2D eigenvalue weighted by atomic mass is 10.3. The number of hydrogen-bond acceptors (Lipinski definition) is 3. The van der Waals surface area contributed by atoms with Gasteiger partial charge in [-0.15, -0.1) is 12.4 Å². The zero-order chi connectivity index (χ0) is 9.42. The van der Waals surface area contributed by atoms with Crippen molar-refractivity contribution in [2.24, 2.45) is 0 Å². The Morgan fingerprint density at radius 3 is 2.93 bits per heavy atom. The van der Waals surface area contributed by atoms with Crippen molar-refractivity contribution in [2.75, 3.05) is 0 Å². The van der Waals surface area contributed by atoms with Gasteiger partial charge in [0.25, 0.3) is 0 Å². The molecule has 0 atom stereocenters. The normalized spacial score (nSPS) is 10.1. The Bertz CT molecular complexity index is 434. The molecular weight excluding hydrogens is 247 g/mol. The second-order valence-electron chi connectivity index (χ2n) is 2.53. The van der Waals surface area contributed by atoms with E-state index in [2.05, 4.69) is 4.98 Å². The first kappa shape index (κ1) is 11.3. The highest BCUT2D eigenvalue weighted by molar-refractivity contribution is 7.20. The lowest BCUT2D eigenvalue weighted by molar-refractivity contribution is -0.136. The Labute approximate surface area is 94.6 Å². The number of carboxylic acid groups (broad SMARTS) is 1. The van der Waals surface area contributed by atoms with E-state index in [1.807, 2.05) is 0 Å². The molecule has 0 aromatic carbocycles. The maximum atomic E-state index is 10.4. The molecule has 0 aliphatic heterocycles. The first-order chi connectivity index (χ1) is 6.15. The fourth-order valence-electron chi connectivity index (χ4n) is 1.06. The van der Waals surface area contributed by atoms with Crippen LogP contribution < -0.4 is 0 Å². The largest absolute Gasteiger partial charge is 0.481 e. The van der Waals surface area contributed by atoms with Gasteiger partial charge < -0.3 is 5.11 Å². The van der Waals surface area contributed by atoms with Gasteiger partial charge in [0.15, 0.2) is 4.96 Å². The summed E-state index contributed by atoms with van der Waals surface area (Å²) in [6.45, 7) is 0. The Morgan fingerprint density at radius 2 is 2.36 bits per heavy atom. The number of aromatic nitrogens is 2. The van der Waals surface area contributed by atoms with Gasteiger partial charge >= 0.3 is 5.97 Å². The Balaban J connectivity index is 0.000000980. The van der Waals surface area contributed by atoms with E-state index in [0.29, 0.717) is 10.0 Å². The molecule has 0 radical (unpaired) electrons. The van der Waals surface area contributed by atoms with Gasteiger partial charge in [-0.3, -0.25) is 9.20 Å². The van der Waals surface area contributed by atoms with Crippen LogP contribution in [0.2, 0.25) is 4.34 Å². The molecule has 7 heteroatoms. The minimum Gasteiger partial charge on any atom is -0.481 e. The summed E-state index contributed by atoms with van der Waals surface area (Å²) < 4.78 is 2.37. The molecule has 2 heterocycles. The molecule has 14 heavy (non-hydrogen) atoms. The average Bonchev–Trinajstić information content (AvgIpc) is 2.41. The number of aliphatic carboxylic acids is 1. The monoisotopic (exact) mass is 252 g/mol. The van der Waals surface area contributed by atoms with E-state index in [4.69, 9.17) is 16.7 Å². The van der Waals surface area contributed by atoms with Gasteiger partial charge in [0, 0.05) is 12.4 Å². The van der Waals surface area contributed by atoms with Crippen LogP contribution >= 0.6 is 35.3 Å². The molecule has 2 aromatic rings. The van der Waals surface area contributed by atoms with Crippen LogP contribution in [0.25, 0.3) is 4.96 Å². The molecule has 0 amide bonds. The van der Waals surface area contributed by atoms with Crippen molar-refractivity contribution in [3.8, 4) is 0 Å². The summed E-state index contributed by atoms with van der Waals surface area (Å²) in [5, 5.41) is 8.51. The Morgan fingerprint density at radius 1 is 1.64 bits per heavy atom. The molecule has 0 aliphatic carbocycles. The molecule has 0 saturated heterocycles. The fourth-order valence-corrected chi connectivity index (χ4v) is 2.08. The summed E-state index contributed by atoms with van der Waals surface area (Å²) in [5.74, 6) is -0.878. The molecule has 0 bridgehead atoms. The van der Waals surface area contributed by atoms with Crippen LogP contribution in [0.15, 0.2) is 12.4 Å². The van der Waals surface area contributed by atoms with Gasteiger partial charge in [-0.2, -0.15) is 0 Å². The number of thiazole rings is 1. The lowest BCUT2D eigenvalue weighted by Crippen LogP contribution is -1.99. The van der Waals surface area contributed by atoms with Crippen molar-refractivity contribution in [2.45, 2.75) is 6.42 Å².